The van der Waals surface area contributed by atoms with Crippen LogP contribution in [0.25, 0.3) is 0 Å². The summed E-state index contributed by atoms with van der Waals surface area (Å²) in [7, 11) is 1.54. The molecule has 0 aliphatic heterocycles. The van der Waals surface area contributed by atoms with E-state index in [1.807, 2.05) is 6.92 Å². The maximum atomic E-state index is 12.5. The van der Waals surface area contributed by atoms with Gasteiger partial charge in [0.25, 0.3) is 0 Å². The number of methoxy groups -OCH3 is 1. The van der Waals surface area contributed by atoms with Crippen molar-refractivity contribution in [2.24, 2.45) is 5.92 Å². The third-order valence-corrected chi connectivity index (χ3v) is 4.56. The fourth-order valence-corrected chi connectivity index (χ4v) is 3.26. The van der Waals surface area contributed by atoms with Gasteiger partial charge in [0, 0.05) is 5.92 Å². The maximum absolute atomic E-state index is 12.5. The second-order valence-corrected chi connectivity index (χ2v) is 6.34. The Hall–Kier alpha value is -2.24. The minimum Gasteiger partial charge on any atom is -0.493 e. The van der Waals surface area contributed by atoms with Crippen molar-refractivity contribution < 1.29 is 24.2 Å². The Labute approximate surface area is 148 Å². The summed E-state index contributed by atoms with van der Waals surface area (Å²) in [4.78, 5) is 23.8. The molecular weight excluding hydrogens is 322 g/mol. The second-order valence-electron chi connectivity index (χ2n) is 6.34. The second kappa shape index (κ2) is 9.30. The average Bonchev–Trinajstić information content (AvgIpc) is 2.62. The monoisotopic (exact) mass is 349 g/mol. The highest BCUT2D eigenvalue weighted by Crippen LogP contribution is 2.32. The number of hydrogen-bond donors (Lipinski definition) is 2. The van der Waals surface area contributed by atoms with Crippen LogP contribution in [0.1, 0.15) is 57.1 Å². The quantitative estimate of drug-likeness (QED) is 0.752. The highest BCUT2D eigenvalue weighted by atomic mass is 16.5. The third kappa shape index (κ3) is 5.37. The van der Waals surface area contributed by atoms with Crippen LogP contribution in [0.3, 0.4) is 0 Å². The molecule has 2 rings (SSSR count). The lowest BCUT2D eigenvalue weighted by molar-refractivity contribution is -0.138. The molecule has 0 unspecified atom stereocenters. The van der Waals surface area contributed by atoms with E-state index < -0.39 is 12.0 Å². The number of carboxylic acid groups (broad SMARTS) is 1. The Kier molecular flexibility index (Phi) is 7.10. The first-order valence-corrected chi connectivity index (χ1v) is 8.88. The molecule has 1 fully saturated rings. The fourth-order valence-electron chi connectivity index (χ4n) is 3.26. The highest BCUT2D eigenvalue weighted by molar-refractivity contribution is 5.80. The van der Waals surface area contributed by atoms with Crippen LogP contribution >= 0.6 is 0 Å². The molecule has 6 heteroatoms. The SMILES string of the molecule is CCOc1ccc([C@H](CC(=O)O)NC(=O)C2CCCCC2)cc1OC. The van der Waals surface area contributed by atoms with Crippen LogP contribution in [0.15, 0.2) is 18.2 Å². The Morgan fingerprint density at radius 3 is 2.56 bits per heavy atom. The van der Waals surface area contributed by atoms with E-state index in [-0.39, 0.29) is 18.2 Å². The summed E-state index contributed by atoms with van der Waals surface area (Å²) >= 11 is 0. The van der Waals surface area contributed by atoms with Gasteiger partial charge in [-0.05, 0) is 37.5 Å². The van der Waals surface area contributed by atoms with Crippen LogP contribution in [-0.2, 0) is 9.59 Å². The molecule has 1 aromatic rings. The van der Waals surface area contributed by atoms with Gasteiger partial charge in [0.1, 0.15) is 0 Å². The van der Waals surface area contributed by atoms with Gasteiger partial charge in [0.15, 0.2) is 11.5 Å². The molecule has 0 saturated heterocycles. The summed E-state index contributed by atoms with van der Waals surface area (Å²) in [5.41, 5.74) is 0.701. The van der Waals surface area contributed by atoms with Crippen molar-refractivity contribution in [1.29, 1.82) is 0 Å². The normalized spacial score (nSPS) is 16.1. The predicted octanol–water partition coefficient (Wildman–Crippen LogP) is 3.31. The lowest BCUT2D eigenvalue weighted by atomic mass is 9.88. The van der Waals surface area contributed by atoms with Crippen LogP contribution in [0.2, 0.25) is 0 Å². The van der Waals surface area contributed by atoms with E-state index in [2.05, 4.69) is 5.32 Å². The number of amides is 1. The molecule has 0 radical (unpaired) electrons. The molecule has 1 aliphatic carbocycles. The lowest BCUT2D eigenvalue weighted by Gasteiger charge is -2.25. The number of ether oxygens (including phenoxy) is 2. The Morgan fingerprint density at radius 2 is 1.96 bits per heavy atom. The summed E-state index contributed by atoms with van der Waals surface area (Å²) in [6, 6.07) is 4.68. The summed E-state index contributed by atoms with van der Waals surface area (Å²) < 4.78 is 10.8. The van der Waals surface area contributed by atoms with Gasteiger partial charge in [-0.3, -0.25) is 9.59 Å². The van der Waals surface area contributed by atoms with E-state index >= 15 is 0 Å². The molecule has 138 valence electrons. The van der Waals surface area contributed by atoms with Crippen molar-refractivity contribution in [3.8, 4) is 11.5 Å². The molecule has 25 heavy (non-hydrogen) atoms. The number of rotatable bonds is 8. The molecule has 1 amide bonds. The first-order valence-electron chi connectivity index (χ1n) is 8.88. The van der Waals surface area contributed by atoms with Crippen molar-refractivity contribution in [2.45, 2.75) is 51.5 Å². The Morgan fingerprint density at radius 1 is 1.24 bits per heavy atom. The molecule has 1 aliphatic rings. The maximum Gasteiger partial charge on any atom is 0.305 e. The van der Waals surface area contributed by atoms with Crippen molar-refractivity contribution in [3.05, 3.63) is 23.8 Å². The summed E-state index contributed by atoms with van der Waals surface area (Å²) in [5.74, 6) is 0.0957. The number of aliphatic carboxylic acids is 1. The zero-order valence-corrected chi connectivity index (χ0v) is 14.9. The Bertz CT molecular complexity index is 595. The lowest BCUT2D eigenvalue weighted by Crippen LogP contribution is -2.36. The van der Waals surface area contributed by atoms with E-state index in [1.165, 1.54) is 13.5 Å². The van der Waals surface area contributed by atoms with Gasteiger partial charge in [-0.25, -0.2) is 0 Å². The molecule has 0 bridgehead atoms. The molecule has 1 aromatic carbocycles. The van der Waals surface area contributed by atoms with E-state index in [1.54, 1.807) is 18.2 Å². The first kappa shape index (κ1) is 19.1. The minimum atomic E-state index is -0.957. The van der Waals surface area contributed by atoms with Crippen LogP contribution in [0.5, 0.6) is 11.5 Å². The number of carbonyl (C=O) groups excluding carboxylic acids is 1. The summed E-state index contributed by atoms with van der Waals surface area (Å²) in [5, 5.41) is 12.1. The average molecular weight is 349 g/mol. The topological polar surface area (TPSA) is 84.9 Å². The van der Waals surface area contributed by atoms with Crippen LogP contribution in [0, 0.1) is 5.92 Å². The number of nitrogens with one attached hydrogen (secondary N) is 1. The molecule has 1 atom stereocenters. The zero-order valence-electron chi connectivity index (χ0n) is 14.9. The highest BCUT2D eigenvalue weighted by Gasteiger charge is 2.25. The fraction of sp³-hybridized carbons (Fsp3) is 0.579. The zero-order chi connectivity index (χ0) is 18.2. The van der Waals surface area contributed by atoms with E-state index in [4.69, 9.17) is 9.47 Å². The van der Waals surface area contributed by atoms with E-state index in [9.17, 15) is 14.7 Å². The molecule has 0 spiro atoms. The summed E-state index contributed by atoms with van der Waals surface area (Å²) in [6.45, 7) is 2.39. The van der Waals surface area contributed by atoms with E-state index in [0.29, 0.717) is 23.7 Å². The number of benzene rings is 1. The molecule has 0 heterocycles. The molecule has 6 nitrogen and oxygen atoms in total. The smallest absolute Gasteiger partial charge is 0.305 e. The van der Waals surface area contributed by atoms with Gasteiger partial charge >= 0.3 is 5.97 Å². The third-order valence-electron chi connectivity index (χ3n) is 4.56. The van der Waals surface area contributed by atoms with Gasteiger partial charge in [-0.2, -0.15) is 0 Å². The minimum absolute atomic E-state index is 0.0189. The molecule has 2 N–H and O–H groups in total. The summed E-state index contributed by atoms with van der Waals surface area (Å²) in [6.07, 6.45) is 4.85. The number of hydrogen-bond acceptors (Lipinski definition) is 4. The molecule has 0 aromatic heterocycles. The first-order chi connectivity index (χ1) is 12.0. The van der Waals surface area contributed by atoms with Gasteiger partial charge in [-0.15, -0.1) is 0 Å². The Balaban J connectivity index is 2.18. The van der Waals surface area contributed by atoms with Gasteiger partial charge < -0.3 is 19.9 Å². The van der Waals surface area contributed by atoms with Crippen LogP contribution in [-0.4, -0.2) is 30.7 Å². The van der Waals surface area contributed by atoms with Gasteiger partial charge in [0.2, 0.25) is 5.91 Å². The largest absolute Gasteiger partial charge is 0.493 e. The van der Waals surface area contributed by atoms with Crippen molar-refractivity contribution in [2.75, 3.05) is 13.7 Å². The van der Waals surface area contributed by atoms with E-state index in [0.717, 1.165) is 25.7 Å². The van der Waals surface area contributed by atoms with Crippen molar-refractivity contribution in [3.63, 3.8) is 0 Å². The molecular formula is C19H27NO5. The van der Waals surface area contributed by atoms with Crippen LogP contribution < -0.4 is 14.8 Å². The van der Waals surface area contributed by atoms with Gasteiger partial charge in [0.05, 0.1) is 26.2 Å². The van der Waals surface area contributed by atoms with Crippen molar-refractivity contribution in [1.82, 2.24) is 5.32 Å². The number of carboxylic acids is 1. The predicted molar refractivity (Wildman–Crippen MR) is 93.9 cm³/mol. The standard InChI is InChI=1S/C19H27NO5/c1-3-25-16-10-9-14(11-17(16)24-2)15(12-18(21)22)20-19(23)13-7-5-4-6-8-13/h9-11,13,15H,3-8,12H2,1-2H3,(H,20,23)(H,21,22)/t15-/m0/s1. The molecule has 1 saturated carbocycles. The van der Waals surface area contributed by atoms with Crippen LogP contribution in [0.4, 0.5) is 0 Å². The van der Waals surface area contributed by atoms with Crippen molar-refractivity contribution >= 4 is 11.9 Å². The van der Waals surface area contributed by atoms with Gasteiger partial charge in [-0.1, -0.05) is 25.3 Å². The number of carbonyl (C=O) groups is 2.